The zero-order valence-electron chi connectivity index (χ0n) is 14.0. The average Bonchev–Trinajstić information content (AvgIpc) is 3.11. The van der Waals surface area contributed by atoms with Gasteiger partial charge in [-0.3, -0.25) is 10.1 Å². The maximum atomic E-state index is 12.3. The van der Waals surface area contributed by atoms with Gasteiger partial charge in [0, 0.05) is 22.4 Å². The number of hydrogen-bond donors (Lipinski definition) is 0. The molecular weight excluding hydrogens is 368 g/mol. The van der Waals surface area contributed by atoms with E-state index in [1.54, 1.807) is 5.38 Å². The van der Waals surface area contributed by atoms with Crippen molar-refractivity contribution in [3.63, 3.8) is 0 Å². The molecule has 0 fully saturated rings. The highest BCUT2D eigenvalue weighted by molar-refractivity contribution is 7.13. The molecule has 0 aliphatic heterocycles. The Hall–Kier alpha value is -3.52. The van der Waals surface area contributed by atoms with Crippen LogP contribution in [0.15, 0.2) is 57.1 Å². The zero-order chi connectivity index (χ0) is 19.1. The topological polar surface area (TPSA) is 109 Å². The number of aryl methyl sites for hydroxylation is 1. The van der Waals surface area contributed by atoms with E-state index >= 15 is 0 Å². The molecule has 0 atom stereocenters. The highest BCUT2D eigenvalue weighted by Crippen LogP contribution is 2.32. The minimum absolute atomic E-state index is 0.00772. The first-order chi connectivity index (χ1) is 12.9. The SMILES string of the molecule is Cc1ccc(-c2nc(-c3cc4cc([N+](=O)[O-])c([O-])cc4oc3=O)cs2)cc1. The van der Waals surface area contributed by atoms with Crippen LogP contribution in [0.5, 0.6) is 5.75 Å². The quantitative estimate of drug-likeness (QED) is 0.304. The van der Waals surface area contributed by atoms with Gasteiger partial charge in [0.25, 0.3) is 5.69 Å². The predicted molar refractivity (Wildman–Crippen MR) is 99.9 cm³/mol. The third-order valence-electron chi connectivity index (χ3n) is 4.09. The summed E-state index contributed by atoms with van der Waals surface area (Å²) in [5.74, 6) is -0.807. The fourth-order valence-electron chi connectivity index (χ4n) is 2.68. The summed E-state index contributed by atoms with van der Waals surface area (Å²) in [4.78, 5) is 27.0. The number of rotatable bonds is 3. The van der Waals surface area contributed by atoms with Gasteiger partial charge in [0.1, 0.15) is 10.6 Å². The molecule has 0 aliphatic carbocycles. The molecule has 0 saturated heterocycles. The van der Waals surface area contributed by atoms with Crippen LogP contribution in [0.1, 0.15) is 5.56 Å². The van der Waals surface area contributed by atoms with E-state index in [1.165, 1.54) is 17.4 Å². The smallest absolute Gasteiger partial charge is 0.345 e. The van der Waals surface area contributed by atoms with Crippen LogP contribution in [0.4, 0.5) is 5.69 Å². The average molecular weight is 379 g/mol. The Morgan fingerprint density at radius 2 is 1.89 bits per heavy atom. The number of aromatic nitrogens is 1. The van der Waals surface area contributed by atoms with E-state index in [0.717, 1.165) is 28.3 Å². The van der Waals surface area contributed by atoms with Crippen LogP contribution in [0.25, 0.3) is 32.8 Å². The fraction of sp³-hybridized carbons (Fsp3) is 0.0526. The molecule has 4 aromatic rings. The van der Waals surface area contributed by atoms with Crippen LogP contribution >= 0.6 is 11.3 Å². The summed E-state index contributed by atoms with van der Waals surface area (Å²) in [6.07, 6.45) is 0. The van der Waals surface area contributed by atoms with Crippen LogP contribution in [-0.2, 0) is 0 Å². The largest absolute Gasteiger partial charge is 0.868 e. The Morgan fingerprint density at radius 1 is 1.15 bits per heavy atom. The highest BCUT2D eigenvalue weighted by atomic mass is 32.1. The molecule has 0 amide bonds. The summed E-state index contributed by atoms with van der Waals surface area (Å²) < 4.78 is 5.18. The number of hydrogen-bond acceptors (Lipinski definition) is 7. The Balaban J connectivity index is 1.83. The van der Waals surface area contributed by atoms with Crippen LogP contribution in [0, 0.1) is 17.0 Å². The van der Waals surface area contributed by atoms with Gasteiger partial charge in [-0.05, 0) is 24.8 Å². The van der Waals surface area contributed by atoms with Gasteiger partial charge in [0.2, 0.25) is 0 Å². The highest BCUT2D eigenvalue weighted by Gasteiger charge is 2.15. The third-order valence-corrected chi connectivity index (χ3v) is 4.98. The first-order valence-corrected chi connectivity index (χ1v) is 8.76. The zero-order valence-corrected chi connectivity index (χ0v) is 14.8. The maximum Gasteiger partial charge on any atom is 0.345 e. The van der Waals surface area contributed by atoms with E-state index in [1.807, 2.05) is 31.2 Å². The van der Waals surface area contributed by atoms with Crippen LogP contribution in [0.3, 0.4) is 0 Å². The van der Waals surface area contributed by atoms with E-state index in [-0.39, 0.29) is 11.1 Å². The summed E-state index contributed by atoms with van der Waals surface area (Å²) in [6, 6.07) is 11.4. The second-order valence-electron chi connectivity index (χ2n) is 5.97. The van der Waals surface area contributed by atoms with Crippen LogP contribution < -0.4 is 10.7 Å². The molecule has 8 heteroatoms. The first-order valence-electron chi connectivity index (χ1n) is 7.88. The molecule has 0 saturated carbocycles. The van der Waals surface area contributed by atoms with Gasteiger partial charge in [0.05, 0.1) is 16.2 Å². The molecule has 2 aromatic heterocycles. The van der Waals surface area contributed by atoms with Crippen molar-refractivity contribution in [2.75, 3.05) is 0 Å². The van der Waals surface area contributed by atoms with Gasteiger partial charge < -0.3 is 9.52 Å². The normalized spacial score (nSPS) is 11.0. The van der Waals surface area contributed by atoms with E-state index in [0.29, 0.717) is 11.1 Å². The molecule has 0 N–H and O–H groups in total. The van der Waals surface area contributed by atoms with Crippen molar-refractivity contribution < 1.29 is 14.4 Å². The van der Waals surface area contributed by atoms with Crippen LogP contribution in [-0.4, -0.2) is 9.91 Å². The van der Waals surface area contributed by atoms with Crippen molar-refractivity contribution in [1.29, 1.82) is 0 Å². The standard InChI is InChI=1S/C19H12N2O5S/c1-10-2-4-11(5-3-10)18-20-14(9-27-18)13-6-12-7-15(21(24)25)16(22)8-17(12)26-19(13)23/h2-9,22H,1H3/p-1. The maximum absolute atomic E-state index is 12.3. The van der Waals surface area contributed by atoms with E-state index in [4.69, 9.17) is 4.42 Å². The Labute approximate surface area is 156 Å². The van der Waals surface area contributed by atoms with Gasteiger partial charge >= 0.3 is 5.63 Å². The minimum Gasteiger partial charge on any atom is -0.868 e. The van der Waals surface area contributed by atoms with Crippen molar-refractivity contribution in [3.8, 4) is 27.6 Å². The lowest BCUT2D eigenvalue weighted by atomic mass is 10.1. The Morgan fingerprint density at radius 3 is 2.59 bits per heavy atom. The first kappa shape index (κ1) is 16.9. The molecule has 2 aromatic carbocycles. The lowest BCUT2D eigenvalue weighted by Gasteiger charge is -2.07. The van der Waals surface area contributed by atoms with Crippen molar-refractivity contribution in [2.24, 2.45) is 0 Å². The molecule has 2 heterocycles. The van der Waals surface area contributed by atoms with Gasteiger partial charge in [0.15, 0.2) is 0 Å². The molecular formula is C19H11N2O5S-. The summed E-state index contributed by atoms with van der Waals surface area (Å²) in [6.45, 7) is 1.99. The summed E-state index contributed by atoms with van der Waals surface area (Å²) >= 11 is 1.38. The predicted octanol–water partition coefficient (Wildman–Crippen LogP) is 3.87. The lowest BCUT2D eigenvalue weighted by Crippen LogP contribution is -2.04. The van der Waals surface area contributed by atoms with Gasteiger partial charge in [-0.2, -0.15) is 0 Å². The van der Waals surface area contributed by atoms with Crippen molar-refractivity contribution in [3.05, 3.63) is 73.9 Å². The lowest BCUT2D eigenvalue weighted by molar-refractivity contribution is -0.398. The molecule has 0 spiro atoms. The molecule has 134 valence electrons. The van der Waals surface area contributed by atoms with E-state index < -0.39 is 22.0 Å². The molecule has 0 unspecified atom stereocenters. The number of benzene rings is 2. The molecule has 0 radical (unpaired) electrons. The fourth-order valence-corrected chi connectivity index (χ4v) is 3.51. The summed E-state index contributed by atoms with van der Waals surface area (Å²) in [7, 11) is 0. The number of fused-ring (bicyclic) bond motifs is 1. The number of nitro benzene ring substituents is 1. The van der Waals surface area contributed by atoms with E-state index in [9.17, 15) is 20.0 Å². The summed E-state index contributed by atoms with van der Waals surface area (Å²) in [5, 5.41) is 25.4. The number of nitro groups is 1. The Bertz CT molecular complexity index is 1240. The third kappa shape index (κ3) is 3.06. The number of nitrogens with zero attached hydrogens (tertiary/aromatic N) is 2. The molecule has 4 rings (SSSR count). The van der Waals surface area contributed by atoms with Crippen molar-refractivity contribution >= 4 is 28.0 Å². The van der Waals surface area contributed by atoms with Crippen LogP contribution in [0.2, 0.25) is 0 Å². The second kappa shape index (κ2) is 6.33. The molecule has 0 aliphatic rings. The van der Waals surface area contributed by atoms with E-state index in [2.05, 4.69) is 4.98 Å². The molecule has 0 bridgehead atoms. The monoisotopic (exact) mass is 379 g/mol. The molecule has 27 heavy (non-hydrogen) atoms. The Kier molecular flexibility index (Phi) is 3.97. The van der Waals surface area contributed by atoms with Gasteiger partial charge in [-0.1, -0.05) is 29.8 Å². The number of thiazole rings is 1. The van der Waals surface area contributed by atoms with Crippen molar-refractivity contribution in [1.82, 2.24) is 4.98 Å². The van der Waals surface area contributed by atoms with Crippen molar-refractivity contribution in [2.45, 2.75) is 6.92 Å². The van der Waals surface area contributed by atoms with Gasteiger partial charge in [-0.15, -0.1) is 11.3 Å². The summed E-state index contributed by atoms with van der Waals surface area (Å²) in [5.41, 5.74) is 1.44. The molecule has 7 nitrogen and oxygen atoms in total. The minimum atomic E-state index is -0.807. The second-order valence-corrected chi connectivity index (χ2v) is 6.82. The van der Waals surface area contributed by atoms with Gasteiger partial charge in [-0.25, -0.2) is 9.78 Å².